The summed E-state index contributed by atoms with van der Waals surface area (Å²) < 4.78 is 2.74. The highest BCUT2D eigenvalue weighted by Crippen LogP contribution is 2.25. The van der Waals surface area contributed by atoms with Gasteiger partial charge in [0.25, 0.3) is 0 Å². The second kappa shape index (κ2) is 5.63. The predicted octanol–water partition coefficient (Wildman–Crippen LogP) is 2.44. The van der Waals surface area contributed by atoms with Crippen molar-refractivity contribution in [1.82, 2.24) is 19.7 Å². The van der Waals surface area contributed by atoms with Gasteiger partial charge in [0.15, 0.2) is 5.65 Å². The summed E-state index contributed by atoms with van der Waals surface area (Å²) in [6, 6.07) is 8.79. The molecule has 7 heteroatoms. The molecule has 118 valence electrons. The number of aryl methyl sites for hydroxylation is 1. The minimum Gasteiger partial charge on any atom is -0.383 e. The Bertz CT molecular complexity index is 874. The number of anilines is 2. The Morgan fingerprint density at radius 2 is 2.17 bits per heavy atom. The molecule has 0 fully saturated rings. The number of nitrogens with one attached hydrogen (secondary N) is 1. The van der Waals surface area contributed by atoms with E-state index in [1.807, 2.05) is 17.9 Å². The third-order valence-corrected chi connectivity index (χ3v) is 5.18. The number of hydrogen-bond donors (Lipinski definition) is 1. The number of nitrogens with zero attached hydrogens (tertiary/aromatic N) is 5. The number of aromatic nitrogens is 4. The Balaban J connectivity index is 1.64. The fourth-order valence-corrected chi connectivity index (χ4v) is 3.72. The third kappa shape index (κ3) is 2.52. The van der Waals surface area contributed by atoms with Crippen LogP contribution in [-0.2, 0) is 13.5 Å². The van der Waals surface area contributed by atoms with Crippen LogP contribution in [0.1, 0.15) is 5.56 Å². The first-order valence-electron chi connectivity index (χ1n) is 7.53. The molecule has 0 radical (unpaired) electrons. The Kier molecular flexibility index (Phi) is 3.59. The van der Waals surface area contributed by atoms with Crippen molar-refractivity contribution in [2.75, 3.05) is 23.8 Å². The molecule has 1 aliphatic heterocycles. The summed E-state index contributed by atoms with van der Waals surface area (Å²) in [6.45, 7) is 0.887. The highest BCUT2D eigenvalue weighted by Gasteiger charge is 2.23. The van der Waals surface area contributed by atoms with Crippen molar-refractivity contribution < 1.29 is 0 Å². The SMILES string of the molecule is CN(c1ncc2c(I)nn(C)c2n1)C1CNc2ccccc2C1. The molecule has 2 aromatic heterocycles. The largest absolute Gasteiger partial charge is 0.383 e. The van der Waals surface area contributed by atoms with Gasteiger partial charge in [0.2, 0.25) is 5.95 Å². The number of halogens is 1. The van der Waals surface area contributed by atoms with Crippen molar-refractivity contribution >= 4 is 45.3 Å². The van der Waals surface area contributed by atoms with E-state index in [9.17, 15) is 0 Å². The predicted molar refractivity (Wildman–Crippen MR) is 99.8 cm³/mol. The summed E-state index contributed by atoms with van der Waals surface area (Å²) >= 11 is 2.22. The molecule has 1 aliphatic rings. The maximum atomic E-state index is 4.71. The molecule has 0 spiro atoms. The maximum Gasteiger partial charge on any atom is 0.227 e. The smallest absolute Gasteiger partial charge is 0.227 e. The molecule has 1 atom stereocenters. The van der Waals surface area contributed by atoms with E-state index in [0.29, 0.717) is 6.04 Å². The van der Waals surface area contributed by atoms with Crippen molar-refractivity contribution in [3.8, 4) is 0 Å². The summed E-state index contributed by atoms with van der Waals surface area (Å²) in [5.41, 5.74) is 3.44. The zero-order chi connectivity index (χ0) is 16.0. The third-order valence-electron chi connectivity index (χ3n) is 4.39. The van der Waals surface area contributed by atoms with Crippen LogP contribution in [0.5, 0.6) is 0 Å². The van der Waals surface area contributed by atoms with E-state index in [0.717, 1.165) is 33.6 Å². The van der Waals surface area contributed by atoms with Gasteiger partial charge in [-0.25, -0.2) is 9.67 Å². The molecule has 0 saturated heterocycles. The van der Waals surface area contributed by atoms with E-state index in [-0.39, 0.29) is 0 Å². The van der Waals surface area contributed by atoms with Crippen LogP contribution in [0.3, 0.4) is 0 Å². The molecule has 1 N–H and O–H groups in total. The lowest BCUT2D eigenvalue weighted by Gasteiger charge is -2.33. The first-order valence-corrected chi connectivity index (χ1v) is 8.61. The van der Waals surface area contributed by atoms with Gasteiger partial charge in [-0.05, 0) is 40.6 Å². The van der Waals surface area contributed by atoms with Gasteiger partial charge in [0.1, 0.15) is 3.70 Å². The number of likely N-dealkylation sites (N-methyl/N-ethyl adjacent to an activating group) is 1. The lowest BCUT2D eigenvalue weighted by atomic mass is 9.99. The monoisotopic (exact) mass is 420 g/mol. The highest BCUT2D eigenvalue weighted by molar-refractivity contribution is 14.1. The Hall–Kier alpha value is -1.90. The lowest BCUT2D eigenvalue weighted by molar-refractivity contribution is 0.623. The molecule has 1 aromatic carbocycles. The van der Waals surface area contributed by atoms with Crippen LogP contribution in [-0.4, -0.2) is 39.4 Å². The van der Waals surface area contributed by atoms with E-state index in [1.165, 1.54) is 11.3 Å². The van der Waals surface area contributed by atoms with Gasteiger partial charge in [-0.1, -0.05) is 18.2 Å². The summed E-state index contributed by atoms with van der Waals surface area (Å²) in [6.07, 6.45) is 2.86. The first-order chi connectivity index (χ1) is 11.1. The summed E-state index contributed by atoms with van der Waals surface area (Å²) in [5.74, 6) is 0.739. The van der Waals surface area contributed by atoms with E-state index >= 15 is 0 Å². The van der Waals surface area contributed by atoms with Crippen LogP contribution in [0, 0.1) is 3.70 Å². The van der Waals surface area contributed by atoms with E-state index < -0.39 is 0 Å². The zero-order valence-corrected chi connectivity index (χ0v) is 15.1. The lowest BCUT2D eigenvalue weighted by Crippen LogP contribution is -2.42. The summed E-state index contributed by atoms with van der Waals surface area (Å²) in [4.78, 5) is 11.4. The van der Waals surface area contributed by atoms with Crippen LogP contribution in [0.15, 0.2) is 30.5 Å². The number of benzene rings is 1. The number of hydrogen-bond acceptors (Lipinski definition) is 5. The van der Waals surface area contributed by atoms with Crippen LogP contribution in [0.25, 0.3) is 11.0 Å². The van der Waals surface area contributed by atoms with E-state index in [1.54, 1.807) is 0 Å². The highest BCUT2D eigenvalue weighted by atomic mass is 127. The van der Waals surface area contributed by atoms with Gasteiger partial charge in [-0.15, -0.1) is 0 Å². The van der Waals surface area contributed by atoms with Crippen LogP contribution >= 0.6 is 22.6 Å². The quantitative estimate of drug-likeness (QED) is 0.646. The minimum atomic E-state index is 0.328. The van der Waals surface area contributed by atoms with Crippen LogP contribution in [0.4, 0.5) is 11.6 Å². The molecular weight excluding hydrogens is 403 g/mol. The van der Waals surface area contributed by atoms with Crippen molar-refractivity contribution in [2.45, 2.75) is 12.5 Å². The fraction of sp³-hybridized carbons (Fsp3) is 0.312. The Morgan fingerprint density at radius 1 is 1.35 bits per heavy atom. The molecule has 3 aromatic rings. The molecule has 0 amide bonds. The number of fused-ring (bicyclic) bond motifs is 2. The van der Waals surface area contributed by atoms with Gasteiger partial charge >= 0.3 is 0 Å². The molecule has 6 nitrogen and oxygen atoms in total. The van der Waals surface area contributed by atoms with Crippen molar-refractivity contribution in [3.05, 3.63) is 39.7 Å². The molecule has 0 bridgehead atoms. The van der Waals surface area contributed by atoms with Crippen LogP contribution in [0.2, 0.25) is 0 Å². The van der Waals surface area contributed by atoms with Crippen LogP contribution < -0.4 is 10.2 Å². The summed E-state index contributed by atoms with van der Waals surface area (Å²) in [5, 5.41) is 8.90. The van der Waals surface area contributed by atoms with Crippen molar-refractivity contribution in [1.29, 1.82) is 0 Å². The molecule has 1 unspecified atom stereocenters. The average molecular weight is 420 g/mol. The minimum absolute atomic E-state index is 0.328. The van der Waals surface area contributed by atoms with Gasteiger partial charge in [-0.3, -0.25) is 0 Å². The number of rotatable bonds is 2. The van der Waals surface area contributed by atoms with E-state index in [4.69, 9.17) is 4.98 Å². The maximum absolute atomic E-state index is 4.71. The zero-order valence-electron chi connectivity index (χ0n) is 13.0. The Morgan fingerprint density at radius 3 is 3.04 bits per heavy atom. The fourth-order valence-electron chi connectivity index (χ4n) is 3.02. The second-order valence-electron chi connectivity index (χ2n) is 5.83. The van der Waals surface area contributed by atoms with E-state index in [2.05, 4.69) is 74.2 Å². The first kappa shape index (κ1) is 14.7. The molecule has 4 rings (SSSR count). The van der Waals surface area contributed by atoms with Gasteiger partial charge < -0.3 is 10.2 Å². The van der Waals surface area contributed by atoms with Crippen molar-refractivity contribution in [3.63, 3.8) is 0 Å². The standard InChI is InChI=1S/C16H17IN6/c1-22(11-7-10-5-3-4-6-13(10)18-8-11)16-19-9-12-14(17)21-23(2)15(12)20-16/h3-6,9,11,18H,7-8H2,1-2H3. The number of para-hydroxylation sites is 1. The normalized spacial score (nSPS) is 16.9. The topological polar surface area (TPSA) is 58.9 Å². The molecule has 0 aliphatic carbocycles. The second-order valence-corrected chi connectivity index (χ2v) is 6.85. The van der Waals surface area contributed by atoms with Crippen molar-refractivity contribution in [2.24, 2.45) is 7.05 Å². The van der Waals surface area contributed by atoms with Gasteiger partial charge in [-0.2, -0.15) is 10.1 Å². The Labute approximate surface area is 148 Å². The van der Waals surface area contributed by atoms with Gasteiger partial charge in [0, 0.05) is 32.5 Å². The molecule has 0 saturated carbocycles. The molecule has 3 heterocycles. The molecule has 23 heavy (non-hydrogen) atoms. The summed E-state index contributed by atoms with van der Waals surface area (Å²) in [7, 11) is 3.97. The average Bonchev–Trinajstić information content (AvgIpc) is 2.87. The molecular formula is C16H17IN6. The van der Waals surface area contributed by atoms with Gasteiger partial charge in [0.05, 0.1) is 11.4 Å².